The van der Waals surface area contributed by atoms with E-state index in [-0.39, 0.29) is 5.92 Å². The SMILES string of the molecule is FC(c1cccc(Br)c1)C1CCSCC1. The molecule has 0 bridgehead atoms. The average molecular weight is 289 g/mol. The van der Waals surface area contributed by atoms with E-state index in [0.717, 1.165) is 34.4 Å². The zero-order valence-electron chi connectivity index (χ0n) is 8.46. The Bertz CT molecular complexity index is 323. The fourth-order valence-electron chi connectivity index (χ4n) is 1.96. The molecule has 0 amide bonds. The van der Waals surface area contributed by atoms with E-state index in [2.05, 4.69) is 15.9 Å². The number of hydrogen-bond donors (Lipinski definition) is 0. The van der Waals surface area contributed by atoms with Gasteiger partial charge >= 0.3 is 0 Å². The summed E-state index contributed by atoms with van der Waals surface area (Å²) in [4.78, 5) is 0. The van der Waals surface area contributed by atoms with Crippen molar-refractivity contribution in [3.63, 3.8) is 0 Å². The van der Waals surface area contributed by atoms with Crippen molar-refractivity contribution in [3.05, 3.63) is 34.3 Å². The lowest BCUT2D eigenvalue weighted by atomic mass is 9.92. The summed E-state index contributed by atoms with van der Waals surface area (Å²) in [5.41, 5.74) is 0.821. The number of hydrogen-bond acceptors (Lipinski definition) is 1. The molecule has 0 nitrogen and oxygen atoms in total. The van der Waals surface area contributed by atoms with E-state index in [0.29, 0.717) is 0 Å². The molecule has 1 atom stereocenters. The zero-order valence-corrected chi connectivity index (χ0v) is 10.9. The Balaban J connectivity index is 2.08. The standard InChI is InChI=1S/C12H14BrFS/c13-11-3-1-2-10(8-11)12(14)9-4-6-15-7-5-9/h1-3,8-9,12H,4-7H2. The van der Waals surface area contributed by atoms with Gasteiger partial charge in [-0.05, 0) is 48.0 Å². The van der Waals surface area contributed by atoms with Crippen LogP contribution in [0.15, 0.2) is 28.7 Å². The largest absolute Gasteiger partial charge is 0.242 e. The van der Waals surface area contributed by atoms with Crippen LogP contribution < -0.4 is 0 Å². The minimum Gasteiger partial charge on any atom is -0.242 e. The Hall–Kier alpha value is -0.0200. The minimum atomic E-state index is -0.789. The Labute approximate surface area is 103 Å². The van der Waals surface area contributed by atoms with Gasteiger partial charge in [-0.15, -0.1) is 0 Å². The third kappa shape index (κ3) is 2.97. The first-order valence-corrected chi connectivity index (χ1v) is 7.19. The van der Waals surface area contributed by atoms with E-state index in [9.17, 15) is 4.39 Å². The first-order valence-electron chi connectivity index (χ1n) is 5.24. The van der Waals surface area contributed by atoms with Gasteiger partial charge in [0.2, 0.25) is 0 Å². The molecule has 2 rings (SSSR count). The first kappa shape index (κ1) is 11.5. The van der Waals surface area contributed by atoms with Crippen LogP contribution in [0, 0.1) is 5.92 Å². The van der Waals surface area contributed by atoms with Crippen molar-refractivity contribution in [2.75, 3.05) is 11.5 Å². The van der Waals surface area contributed by atoms with Crippen LogP contribution in [0.3, 0.4) is 0 Å². The van der Waals surface area contributed by atoms with Gasteiger partial charge in [-0.25, -0.2) is 4.39 Å². The molecule has 82 valence electrons. The van der Waals surface area contributed by atoms with Crippen LogP contribution in [0.4, 0.5) is 4.39 Å². The smallest absolute Gasteiger partial charge is 0.128 e. The predicted octanol–water partition coefficient (Wildman–Crippen LogP) is 4.60. The summed E-state index contributed by atoms with van der Waals surface area (Å²) in [6.45, 7) is 0. The van der Waals surface area contributed by atoms with E-state index >= 15 is 0 Å². The topological polar surface area (TPSA) is 0 Å². The van der Waals surface area contributed by atoms with Crippen LogP contribution in [0.25, 0.3) is 0 Å². The average Bonchev–Trinajstić information content (AvgIpc) is 2.29. The second-order valence-electron chi connectivity index (χ2n) is 3.91. The number of alkyl halides is 1. The van der Waals surface area contributed by atoms with Gasteiger partial charge < -0.3 is 0 Å². The Morgan fingerprint density at radius 1 is 1.33 bits per heavy atom. The first-order chi connectivity index (χ1) is 7.27. The van der Waals surface area contributed by atoms with Gasteiger partial charge in [0, 0.05) is 4.47 Å². The number of thioether (sulfide) groups is 1. The summed E-state index contributed by atoms with van der Waals surface area (Å²) < 4.78 is 15.1. The Morgan fingerprint density at radius 3 is 2.73 bits per heavy atom. The zero-order chi connectivity index (χ0) is 10.7. The molecule has 1 saturated heterocycles. The van der Waals surface area contributed by atoms with Crippen molar-refractivity contribution >= 4 is 27.7 Å². The lowest BCUT2D eigenvalue weighted by molar-refractivity contribution is 0.219. The van der Waals surface area contributed by atoms with Gasteiger partial charge in [0.25, 0.3) is 0 Å². The second kappa shape index (κ2) is 5.35. The number of rotatable bonds is 2. The van der Waals surface area contributed by atoms with Crippen LogP contribution in [-0.4, -0.2) is 11.5 Å². The summed E-state index contributed by atoms with van der Waals surface area (Å²) >= 11 is 5.32. The molecule has 1 aliphatic heterocycles. The highest BCUT2D eigenvalue weighted by atomic mass is 79.9. The minimum absolute atomic E-state index is 0.223. The fourth-order valence-corrected chi connectivity index (χ4v) is 3.52. The summed E-state index contributed by atoms with van der Waals surface area (Å²) in [6, 6.07) is 7.63. The molecule has 0 saturated carbocycles. The molecule has 1 unspecified atom stereocenters. The van der Waals surface area contributed by atoms with Crippen LogP contribution in [0.1, 0.15) is 24.6 Å². The van der Waals surface area contributed by atoms with E-state index in [1.54, 1.807) is 0 Å². The molecule has 3 heteroatoms. The van der Waals surface area contributed by atoms with Gasteiger partial charge in [0.1, 0.15) is 6.17 Å². The van der Waals surface area contributed by atoms with Crippen LogP contribution in [0.2, 0.25) is 0 Å². The molecule has 1 aliphatic rings. The monoisotopic (exact) mass is 288 g/mol. The highest BCUT2D eigenvalue weighted by Crippen LogP contribution is 2.36. The Morgan fingerprint density at radius 2 is 2.07 bits per heavy atom. The molecule has 1 aromatic rings. The van der Waals surface area contributed by atoms with Crippen molar-refractivity contribution in [2.24, 2.45) is 5.92 Å². The molecule has 1 fully saturated rings. The van der Waals surface area contributed by atoms with Crippen molar-refractivity contribution in [1.82, 2.24) is 0 Å². The molecule has 0 radical (unpaired) electrons. The van der Waals surface area contributed by atoms with Gasteiger partial charge in [0.15, 0.2) is 0 Å². The molecule has 0 aromatic heterocycles. The van der Waals surface area contributed by atoms with Crippen LogP contribution >= 0.6 is 27.7 Å². The molecule has 1 heterocycles. The fraction of sp³-hybridized carbons (Fsp3) is 0.500. The summed E-state index contributed by atoms with van der Waals surface area (Å²) in [6.07, 6.45) is 1.24. The molecule has 1 aromatic carbocycles. The summed E-state index contributed by atoms with van der Waals surface area (Å²) in [5, 5.41) is 0. The molecule has 15 heavy (non-hydrogen) atoms. The van der Waals surface area contributed by atoms with Crippen molar-refractivity contribution < 1.29 is 4.39 Å². The third-order valence-corrected chi connectivity index (χ3v) is 4.39. The molecular formula is C12H14BrFS. The van der Waals surface area contributed by atoms with Crippen LogP contribution in [0.5, 0.6) is 0 Å². The summed E-state index contributed by atoms with van der Waals surface area (Å²) in [5.74, 6) is 2.44. The van der Waals surface area contributed by atoms with Crippen molar-refractivity contribution in [1.29, 1.82) is 0 Å². The highest BCUT2D eigenvalue weighted by Gasteiger charge is 2.24. The quantitative estimate of drug-likeness (QED) is 0.766. The lowest BCUT2D eigenvalue weighted by Gasteiger charge is -2.25. The normalized spacial score (nSPS) is 20.1. The van der Waals surface area contributed by atoms with Gasteiger partial charge in [-0.1, -0.05) is 28.1 Å². The maximum atomic E-state index is 14.2. The van der Waals surface area contributed by atoms with E-state index in [1.165, 1.54) is 0 Å². The maximum absolute atomic E-state index is 14.2. The Kier molecular flexibility index (Phi) is 4.09. The molecule has 0 N–H and O–H groups in total. The van der Waals surface area contributed by atoms with Gasteiger partial charge in [-0.3, -0.25) is 0 Å². The molecule has 0 aliphatic carbocycles. The molecular weight excluding hydrogens is 275 g/mol. The number of halogens is 2. The van der Waals surface area contributed by atoms with E-state index in [1.807, 2.05) is 36.0 Å². The van der Waals surface area contributed by atoms with E-state index in [4.69, 9.17) is 0 Å². The number of benzene rings is 1. The maximum Gasteiger partial charge on any atom is 0.128 e. The van der Waals surface area contributed by atoms with Gasteiger partial charge in [0.05, 0.1) is 0 Å². The predicted molar refractivity (Wildman–Crippen MR) is 68.0 cm³/mol. The molecule has 0 spiro atoms. The van der Waals surface area contributed by atoms with Crippen LogP contribution in [-0.2, 0) is 0 Å². The lowest BCUT2D eigenvalue weighted by Crippen LogP contribution is -2.15. The highest BCUT2D eigenvalue weighted by molar-refractivity contribution is 9.10. The summed E-state index contributed by atoms with van der Waals surface area (Å²) in [7, 11) is 0. The second-order valence-corrected chi connectivity index (χ2v) is 6.05. The van der Waals surface area contributed by atoms with Crippen molar-refractivity contribution in [2.45, 2.75) is 19.0 Å². The third-order valence-electron chi connectivity index (χ3n) is 2.85. The van der Waals surface area contributed by atoms with E-state index < -0.39 is 6.17 Å². The van der Waals surface area contributed by atoms with Gasteiger partial charge in [-0.2, -0.15) is 11.8 Å². The van der Waals surface area contributed by atoms with Crippen molar-refractivity contribution in [3.8, 4) is 0 Å².